The van der Waals surface area contributed by atoms with Gasteiger partial charge in [0.25, 0.3) is 0 Å². The van der Waals surface area contributed by atoms with Gasteiger partial charge in [-0.15, -0.1) is 0 Å². The van der Waals surface area contributed by atoms with Crippen molar-refractivity contribution in [3.05, 3.63) is 35.6 Å². The van der Waals surface area contributed by atoms with Crippen LogP contribution in [0.15, 0.2) is 35.6 Å². The van der Waals surface area contributed by atoms with Crippen molar-refractivity contribution >= 4 is 29.8 Å². The van der Waals surface area contributed by atoms with Crippen LogP contribution in [0.5, 0.6) is 0 Å². The molecule has 2 saturated carbocycles. The number of ether oxygens (including phenoxy) is 4. The minimum absolute atomic E-state index is 0.000161. The summed E-state index contributed by atoms with van der Waals surface area (Å²) in [6.07, 6.45) is 5.24. The Labute approximate surface area is 221 Å². The molecule has 2 aliphatic heterocycles. The van der Waals surface area contributed by atoms with Gasteiger partial charge in [-0.25, -0.2) is 4.79 Å². The van der Waals surface area contributed by atoms with Crippen molar-refractivity contribution in [2.45, 2.75) is 71.3 Å². The first-order valence-electron chi connectivity index (χ1n) is 13.0. The van der Waals surface area contributed by atoms with Gasteiger partial charge >= 0.3 is 29.8 Å². The van der Waals surface area contributed by atoms with Crippen molar-refractivity contribution in [2.24, 2.45) is 22.7 Å². The lowest BCUT2D eigenvalue weighted by Crippen LogP contribution is -2.58. The highest BCUT2D eigenvalue weighted by Crippen LogP contribution is 2.62. The number of carboxylic acids is 1. The van der Waals surface area contributed by atoms with Gasteiger partial charge in [-0.1, -0.05) is 32.1 Å². The first-order chi connectivity index (χ1) is 17.9. The number of hydrogen-bond acceptors (Lipinski definition) is 9. The third-order valence-corrected chi connectivity index (χ3v) is 8.62. The van der Waals surface area contributed by atoms with Gasteiger partial charge in [-0.2, -0.15) is 0 Å². The largest absolute Gasteiger partial charge is 0.481 e. The fraction of sp³-hybridized carbons (Fsp3) is 0.607. The highest BCUT2D eigenvalue weighted by Gasteiger charge is 2.59. The summed E-state index contributed by atoms with van der Waals surface area (Å²) >= 11 is 0. The molecule has 2 heterocycles. The quantitative estimate of drug-likeness (QED) is 0.308. The van der Waals surface area contributed by atoms with Crippen LogP contribution in [0.4, 0.5) is 0 Å². The van der Waals surface area contributed by atoms with Gasteiger partial charge in [0.2, 0.25) is 0 Å². The fourth-order valence-electron chi connectivity index (χ4n) is 6.62. The molecule has 0 amide bonds. The van der Waals surface area contributed by atoms with E-state index in [4.69, 9.17) is 24.1 Å². The monoisotopic (exact) mass is 530 g/mol. The van der Waals surface area contributed by atoms with Crippen LogP contribution in [0.1, 0.15) is 65.2 Å². The number of rotatable bonds is 6. The van der Waals surface area contributed by atoms with E-state index in [2.05, 4.69) is 13.5 Å². The van der Waals surface area contributed by atoms with Gasteiger partial charge in [-0.3, -0.25) is 19.2 Å². The topological polar surface area (TPSA) is 142 Å². The van der Waals surface area contributed by atoms with E-state index in [0.29, 0.717) is 12.8 Å². The van der Waals surface area contributed by atoms with Crippen molar-refractivity contribution in [1.29, 1.82) is 0 Å². The Balaban J connectivity index is 1.60. The third kappa shape index (κ3) is 5.39. The van der Waals surface area contributed by atoms with Crippen molar-refractivity contribution in [1.82, 2.24) is 0 Å². The molecule has 0 aromatic carbocycles. The molecule has 0 spiro atoms. The molecule has 1 saturated heterocycles. The Morgan fingerprint density at radius 1 is 1.05 bits per heavy atom. The van der Waals surface area contributed by atoms with Crippen molar-refractivity contribution in [2.75, 3.05) is 13.2 Å². The summed E-state index contributed by atoms with van der Waals surface area (Å²) in [5.41, 5.74) is 0.181. The smallest absolute Gasteiger partial charge is 0.342 e. The molecule has 10 nitrogen and oxygen atoms in total. The van der Waals surface area contributed by atoms with Gasteiger partial charge in [-0.05, 0) is 43.1 Å². The number of fused-ring (bicyclic) bond motifs is 3. The van der Waals surface area contributed by atoms with E-state index in [1.54, 1.807) is 6.08 Å². The molecule has 2 aliphatic carbocycles. The van der Waals surface area contributed by atoms with Crippen LogP contribution in [0.2, 0.25) is 0 Å². The molecule has 38 heavy (non-hydrogen) atoms. The molecule has 0 radical (unpaired) electrons. The lowest BCUT2D eigenvalue weighted by molar-refractivity contribution is -0.187. The van der Waals surface area contributed by atoms with Crippen LogP contribution in [-0.4, -0.2) is 54.3 Å². The van der Waals surface area contributed by atoms with Gasteiger partial charge in [0.1, 0.15) is 18.3 Å². The maximum absolute atomic E-state index is 12.4. The summed E-state index contributed by atoms with van der Waals surface area (Å²) in [7, 11) is 0. The fourth-order valence-corrected chi connectivity index (χ4v) is 6.62. The van der Waals surface area contributed by atoms with Crippen LogP contribution in [0.25, 0.3) is 0 Å². The molecule has 1 N–H and O–H groups in total. The highest BCUT2D eigenvalue weighted by molar-refractivity contribution is 5.95. The molecule has 206 valence electrons. The van der Waals surface area contributed by atoms with Crippen molar-refractivity contribution in [3.8, 4) is 0 Å². The zero-order valence-corrected chi connectivity index (χ0v) is 21.8. The van der Waals surface area contributed by atoms with Gasteiger partial charge in [0, 0.05) is 11.3 Å². The summed E-state index contributed by atoms with van der Waals surface area (Å²) < 4.78 is 21.8. The number of hydrogen-bond donors (Lipinski definition) is 1. The Morgan fingerprint density at radius 2 is 1.79 bits per heavy atom. The van der Waals surface area contributed by atoms with Gasteiger partial charge < -0.3 is 24.1 Å². The number of carbonyl (C=O) groups excluding carboxylic acids is 4. The minimum Gasteiger partial charge on any atom is -0.481 e. The van der Waals surface area contributed by atoms with Crippen LogP contribution in [0.3, 0.4) is 0 Å². The summed E-state index contributed by atoms with van der Waals surface area (Å²) in [5, 5.41) is 8.78. The molecule has 3 fully saturated rings. The molecule has 10 heteroatoms. The van der Waals surface area contributed by atoms with Gasteiger partial charge in [0.05, 0.1) is 25.7 Å². The van der Waals surface area contributed by atoms with Crippen LogP contribution >= 0.6 is 0 Å². The van der Waals surface area contributed by atoms with E-state index < -0.39 is 35.3 Å². The van der Waals surface area contributed by atoms with E-state index >= 15 is 0 Å². The summed E-state index contributed by atoms with van der Waals surface area (Å²) in [6, 6.07) is 0. The summed E-state index contributed by atoms with van der Waals surface area (Å²) in [5.74, 6) is -3.38. The minimum atomic E-state index is -1.12. The molecule has 0 aromatic heterocycles. The van der Waals surface area contributed by atoms with Crippen LogP contribution in [-0.2, 0) is 42.9 Å². The zero-order valence-electron chi connectivity index (χ0n) is 21.8. The van der Waals surface area contributed by atoms with Crippen LogP contribution < -0.4 is 0 Å². The number of cyclic esters (lactones) is 2. The predicted molar refractivity (Wildman–Crippen MR) is 131 cm³/mol. The average Bonchev–Trinajstić information content (AvgIpc) is 3.21. The zero-order chi connectivity index (χ0) is 27.7. The normalized spacial score (nSPS) is 33.8. The SMILES string of the molecule is C=C1CCC2C3(C)COC(=O)CCC(=O)OC3CCC2(C)C1C=CC1=C(OC(=O)CCC(=O)O)COC1=O. The molecule has 5 unspecified atom stereocenters. The van der Waals surface area contributed by atoms with E-state index in [1.807, 2.05) is 13.0 Å². The maximum atomic E-state index is 12.4. The second-order valence-electron chi connectivity index (χ2n) is 11.1. The molecular weight excluding hydrogens is 496 g/mol. The lowest BCUT2D eigenvalue weighted by Gasteiger charge is -2.59. The Morgan fingerprint density at radius 3 is 2.53 bits per heavy atom. The number of aliphatic carboxylic acids is 1. The lowest BCUT2D eigenvalue weighted by atomic mass is 9.46. The second-order valence-corrected chi connectivity index (χ2v) is 11.1. The molecule has 4 aliphatic rings. The van der Waals surface area contributed by atoms with E-state index in [-0.39, 0.29) is 73.6 Å². The highest BCUT2D eigenvalue weighted by atomic mass is 16.6. The Bertz CT molecular complexity index is 1120. The molecule has 0 bridgehead atoms. The number of esters is 4. The number of allylic oxidation sites excluding steroid dienone is 2. The third-order valence-electron chi connectivity index (χ3n) is 8.62. The Kier molecular flexibility index (Phi) is 7.80. The van der Waals surface area contributed by atoms with Crippen LogP contribution in [0, 0.1) is 22.7 Å². The summed E-state index contributed by atoms with van der Waals surface area (Å²) in [6.45, 7) is 8.43. The predicted octanol–water partition coefficient (Wildman–Crippen LogP) is 3.40. The molecule has 0 aromatic rings. The average molecular weight is 531 g/mol. The summed E-state index contributed by atoms with van der Waals surface area (Å²) in [4.78, 5) is 59.8. The first kappa shape index (κ1) is 27.6. The van der Waals surface area contributed by atoms with E-state index in [9.17, 15) is 24.0 Å². The number of carboxylic acid groups (broad SMARTS) is 1. The molecule has 4 rings (SSSR count). The first-order valence-corrected chi connectivity index (χ1v) is 13.0. The second kappa shape index (κ2) is 10.7. The molecular formula is C28H34O10. The van der Waals surface area contributed by atoms with Gasteiger partial charge in [0.15, 0.2) is 12.4 Å². The van der Waals surface area contributed by atoms with E-state index in [1.165, 1.54) is 0 Å². The van der Waals surface area contributed by atoms with Crippen molar-refractivity contribution < 1.29 is 48.0 Å². The van der Waals surface area contributed by atoms with Crippen molar-refractivity contribution in [3.63, 3.8) is 0 Å². The maximum Gasteiger partial charge on any atom is 0.342 e. The molecule has 5 atom stereocenters. The number of carbonyl (C=O) groups is 5. The standard InChI is InChI=1S/C28H34O10/c1-16-4-7-20-27(2,13-12-21-28(20,3)15-36-23(31)10-11-25(33)38-21)18(16)6-5-17-19(14-35-26(17)34)37-24(32)9-8-22(29)30/h5-6,18,20-21H,1,4,7-15H2,2-3H3,(H,29,30). The Hall–Kier alpha value is -3.43. The van der Waals surface area contributed by atoms with E-state index in [0.717, 1.165) is 18.4 Å².